The van der Waals surface area contributed by atoms with Crippen molar-refractivity contribution in [3.8, 4) is 5.88 Å². The summed E-state index contributed by atoms with van der Waals surface area (Å²) in [4.78, 5) is 14.4. The van der Waals surface area contributed by atoms with Crippen LogP contribution in [0.1, 0.15) is 10.4 Å². The second-order valence-electron chi connectivity index (χ2n) is 1.82. The summed E-state index contributed by atoms with van der Waals surface area (Å²) in [6.45, 7) is 0. The van der Waals surface area contributed by atoms with Gasteiger partial charge in [-0.1, -0.05) is 0 Å². The van der Waals surface area contributed by atoms with Gasteiger partial charge in [-0.15, -0.1) is 0 Å². The zero-order valence-corrected chi connectivity index (χ0v) is 7.61. The van der Waals surface area contributed by atoms with Crippen LogP contribution >= 0.6 is 23.0 Å². The van der Waals surface area contributed by atoms with Crippen LogP contribution in [0, 0.1) is 0 Å². The fourth-order valence-corrected chi connectivity index (χ4v) is 0.846. The van der Waals surface area contributed by atoms with E-state index < -0.39 is 5.91 Å². The predicted octanol–water partition coefficient (Wildman–Crippen LogP) is 0.909. The van der Waals surface area contributed by atoms with Crippen LogP contribution in [0.4, 0.5) is 0 Å². The number of amides is 1. The largest absolute Gasteiger partial charge is 0.408 e. The first-order valence-corrected chi connectivity index (χ1v) is 3.66. The molecule has 0 bridgehead atoms. The lowest BCUT2D eigenvalue weighted by molar-refractivity contribution is 0.1000. The van der Waals surface area contributed by atoms with Crippen molar-refractivity contribution in [2.24, 2.45) is 5.73 Å². The van der Waals surface area contributed by atoms with Crippen molar-refractivity contribution in [1.82, 2.24) is 4.98 Å². The Morgan fingerprint density at radius 3 is 3.00 bits per heavy atom. The van der Waals surface area contributed by atoms with E-state index in [-0.39, 0.29) is 0 Å². The van der Waals surface area contributed by atoms with Crippen LogP contribution < -0.4 is 8.80 Å². The smallest absolute Gasteiger partial charge is 0.248 e. The molecule has 1 amide bonds. The molecule has 1 aromatic heterocycles. The van der Waals surface area contributed by atoms with Crippen LogP contribution in [0.3, 0.4) is 0 Å². The Hall–Kier alpha value is -0.850. The summed E-state index contributed by atoms with van der Waals surface area (Å²) < 4.78 is 4.76. The van der Waals surface area contributed by atoms with Crippen molar-refractivity contribution < 1.29 is 7.86 Å². The molecule has 0 unspecified atom stereocenters. The van der Waals surface area contributed by atoms with Crippen LogP contribution in [0.25, 0.3) is 0 Å². The summed E-state index contributed by atoms with van der Waals surface area (Å²) in [6, 6.07) is 3.01. The van der Waals surface area contributed by atoms with Gasteiger partial charge in [-0.2, -0.15) is 0 Å². The summed E-state index contributed by atoms with van der Waals surface area (Å²) in [5.74, 6) is -0.107. The average Bonchev–Trinajstić information content (AvgIpc) is 2.05. The van der Waals surface area contributed by atoms with E-state index >= 15 is 0 Å². The molecule has 0 aromatic carbocycles. The number of rotatable bonds is 2. The SMILES string of the molecule is NC(=O)c1ccnc(OI)c1. The minimum Gasteiger partial charge on any atom is -0.408 e. The molecule has 0 saturated carbocycles. The highest BCUT2D eigenvalue weighted by Crippen LogP contribution is 2.10. The molecule has 0 spiro atoms. The molecular formula is C6H5IN2O2. The Morgan fingerprint density at radius 2 is 2.45 bits per heavy atom. The highest BCUT2D eigenvalue weighted by molar-refractivity contribution is 14.1. The molecule has 1 rings (SSSR count). The quantitative estimate of drug-likeness (QED) is 0.807. The molecule has 0 fully saturated rings. The van der Waals surface area contributed by atoms with Gasteiger partial charge in [0, 0.05) is 17.8 Å². The van der Waals surface area contributed by atoms with Crippen LogP contribution in [0.5, 0.6) is 5.88 Å². The number of hydrogen-bond donors (Lipinski definition) is 1. The number of carbonyl (C=O) groups excluding carboxylic acids is 1. The Kier molecular flexibility index (Phi) is 2.64. The predicted molar refractivity (Wildman–Crippen MR) is 47.4 cm³/mol. The monoisotopic (exact) mass is 264 g/mol. The van der Waals surface area contributed by atoms with Crippen molar-refractivity contribution in [1.29, 1.82) is 0 Å². The van der Waals surface area contributed by atoms with E-state index in [4.69, 9.17) is 8.80 Å². The third kappa shape index (κ3) is 2.04. The first-order chi connectivity index (χ1) is 5.24. The van der Waals surface area contributed by atoms with Crippen LogP contribution in [-0.4, -0.2) is 10.9 Å². The third-order valence-electron chi connectivity index (χ3n) is 1.10. The molecule has 0 saturated heterocycles. The van der Waals surface area contributed by atoms with E-state index in [9.17, 15) is 4.79 Å². The van der Waals surface area contributed by atoms with Gasteiger partial charge in [-0.25, -0.2) is 4.98 Å². The van der Waals surface area contributed by atoms with Gasteiger partial charge in [0.25, 0.3) is 0 Å². The maximum absolute atomic E-state index is 10.6. The fourth-order valence-electron chi connectivity index (χ4n) is 0.605. The van der Waals surface area contributed by atoms with Gasteiger partial charge in [0.2, 0.25) is 11.8 Å². The zero-order chi connectivity index (χ0) is 8.27. The van der Waals surface area contributed by atoms with Crippen molar-refractivity contribution >= 4 is 28.9 Å². The summed E-state index contributed by atoms with van der Waals surface area (Å²) in [5, 5.41) is 0. The van der Waals surface area contributed by atoms with Crippen LogP contribution in [0.15, 0.2) is 18.3 Å². The van der Waals surface area contributed by atoms with E-state index in [1.54, 1.807) is 23.0 Å². The molecule has 0 aliphatic rings. The Labute approximate surface area is 77.4 Å². The number of carbonyl (C=O) groups is 1. The fraction of sp³-hybridized carbons (Fsp3) is 0. The Bertz CT molecular complexity index is 277. The molecule has 11 heavy (non-hydrogen) atoms. The van der Waals surface area contributed by atoms with Crippen molar-refractivity contribution in [3.05, 3.63) is 23.9 Å². The second kappa shape index (κ2) is 3.51. The molecule has 1 aromatic rings. The van der Waals surface area contributed by atoms with E-state index in [0.717, 1.165) is 0 Å². The lowest BCUT2D eigenvalue weighted by Gasteiger charge is -1.96. The van der Waals surface area contributed by atoms with Gasteiger partial charge in [0.05, 0.1) is 0 Å². The summed E-state index contributed by atoms with van der Waals surface area (Å²) >= 11 is 1.68. The standard InChI is InChI=1S/C6H5IN2O2/c7-11-5-3-4(6(8)10)1-2-9-5/h1-3H,(H2,8,10). The molecule has 0 aliphatic heterocycles. The van der Waals surface area contributed by atoms with Crippen LogP contribution in [0.2, 0.25) is 0 Å². The number of pyridine rings is 1. The highest BCUT2D eigenvalue weighted by Gasteiger charge is 2.01. The number of primary amides is 1. The van der Waals surface area contributed by atoms with Gasteiger partial charge >= 0.3 is 0 Å². The molecule has 2 N–H and O–H groups in total. The maximum atomic E-state index is 10.6. The number of halogens is 1. The summed E-state index contributed by atoms with van der Waals surface area (Å²) in [5.41, 5.74) is 5.41. The lowest BCUT2D eigenvalue weighted by Crippen LogP contribution is -2.10. The van der Waals surface area contributed by atoms with Crippen molar-refractivity contribution in [3.63, 3.8) is 0 Å². The van der Waals surface area contributed by atoms with E-state index in [1.165, 1.54) is 18.3 Å². The van der Waals surface area contributed by atoms with Gasteiger partial charge < -0.3 is 8.80 Å². The number of hydrogen-bond acceptors (Lipinski definition) is 3. The van der Waals surface area contributed by atoms with E-state index in [0.29, 0.717) is 11.4 Å². The number of aromatic nitrogens is 1. The molecule has 1 heterocycles. The van der Waals surface area contributed by atoms with Gasteiger partial charge in [0.15, 0.2) is 23.0 Å². The molecular weight excluding hydrogens is 259 g/mol. The van der Waals surface area contributed by atoms with Crippen molar-refractivity contribution in [2.75, 3.05) is 0 Å². The molecule has 5 heteroatoms. The van der Waals surface area contributed by atoms with Gasteiger partial charge in [0.1, 0.15) is 0 Å². The molecule has 0 radical (unpaired) electrons. The first kappa shape index (κ1) is 8.25. The number of nitrogens with two attached hydrogens (primary N) is 1. The Balaban J connectivity index is 3.01. The normalized spacial score (nSPS) is 9.18. The minimum absolute atomic E-state index is 0.377. The van der Waals surface area contributed by atoms with Crippen LogP contribution in [-0.2, 0) is 0 Å². The molecule has 58 valence electrons. The zero-order valence-electron chi connectivity index (χ0n) is 5.45. The van der Waals surface area contributed by atoms with E-state index in [2.05, 4.69) is 4.98 Å². The lowest BCUT2D eigenvalue weighted by atomic mass is 10.2. The maximum Gasteiger partial charge on any atom is 0.248 e. The summed E-state index contributed by atoms with van der Waals surface area (Å²) in [7, 11) is 0. The van der Waals surface area contributed by atoms with E-state index in [1.807, 2.05) is 0 Å². The molecule has 4 nitrogen and oxygen atoms in total. The minimum atomic E-state index is -0.484. The molecule has 0 aliphatic carbocycles. The Morgan fingerprint density at radius 1 is 1.73 bits per heavy atom. The van der Waals surface area contributed by atoms with Crippen molar-refractivity contribution in [2.45, 2.75) is 0 Å². The highest BCUT2D eigenvalue weighted by atomic mass is 127. The van der Waals surface area contributed by atoms with Gasteiger partial charge in [-0.3, -0.25) is 4.79 Å². The first-order valence-electron chi connectivity index (χ1n) is 2.78. The second-order valence-corrected chi connectivity index (χ2v) is 2.26. The number of nitrogens with zero attached hydrogens (tertiary/aromatic N) is 1. The molecule has 0 atom stereocenters. The summed E-state index contributed by atoms with van der Waals surface area (Å²) in [6.07, 6.45) is 1.47. The van der Waals surface area contributed by atoms with Gasteiger partial charge in [-0.05, 0) is 6.07 Å². The third-order valence-corrected chi connectivity index (χ3v) is 1.55. The topological polar surface area (TPSA) is 65.2 Å². The average molecular weight is 264 g/mol.